The number of hydrogen-bond acceptors (Lipinski definition) is 9. The molecule has 0 aromatic rings. The average Bonchev–Trinajstić information content (AvgIpc) is 2.76. The van der Waals surface area contributed by atoms with Gasteiger partial charge in [-0.1, -0.05) is 31.9 Å². The lowest BCUT2D eigenvalue weighted by Crippen LogP contribution is -2.36. The van der Waals surface area contributed by atoms with Crippen molar-refractivity contribution in [3.05, 3.63) is 0 Å². The molecule has 0 atom stereocenters. The molecule has 0 unspecified atom stereocenters. The van der Waals surface area contributed by atoms with Crippen LogP contribution in [0.4, 0.5) is 0 Å². The molecule has 0 aromatic carbocycles. The van der Waals surface area contributed by atoms with Crippen LogP contribution in [-0.4, -0.2) is 116 Å². The van der Waals surface area contributed by atoms with Gasteiger partial charge in [0.05, 0.1) is 38.4 Å². The minimum absolute atomic E-state index is 0.0314. The largest absolute Gasteiger partial charge is 0.463 e. The molecule has 0 aliphatic heterocycles. The molecule has 0 radical (unpaired) electrons. The maximum absolute atomic E-state index is 10.8. The first-order chi connectivity index (χ1) is 14.6. The van der Waals surface area contributed by atoms with E-state index in [0.717, 1.165) is 32.7 Å². The Balaban J connectivity index is 0. The van der Waals surface area contributed by atoms with E-state index in [1.807, 2.05) is 7.05 Å². The third kappa shape index (κ3) is 29.9. The minimum Gasteiger partial charge on any atom is -0.463 e. The van der Waals surface area contributed by atoms with E-state index in [4.69, 9.17) is 18.9 Å². The van der Waals surface area contributed by atoms with E-state index in [0.29, 0.717) is 44.9 Å². The second kappa shape index (κ2) is 28.7. The summed E-state index contributed by atoms with van der Waals surface area (Å²) < 4.78 is 19.9. The Labute approximate surface area is 197 Å². The Hall–Kier alpha value is -0.340. The van der Waals surface area contributed by atoms with Crippen LogP contribution in [0.3, 0.4) is 0 Å². The number of esters is 1. The number of halogens is 2. The van der Waals surface area contributed by atoms with Crippen LogP contribution in [0.25, 0.3) is 0 Å². The molecular weight excluding hydrogens is 528 g/mol. The lowest BCUT2D eigenvalue weighted by molar-refractivity contribution is -0.142. The monoisotopic (exact) mass is 564 g/mol. The van der Waals surface area contributed by atoms with Gasteiger partial charge in [-0.15, -0.1) is 0 Å². The Morgan fingerprint density at radius 1 is 0.733 bits per heavy atom. The maximum Gasteiger partial charge on any atom is 0.316 e. The van der Waals surface area contributed by atoms with Gasteiger partial charge in [0, 0.05) is 46.4 Å². The predicted molar refractivity (Wildman–Crippen MR) is 125 cm³/mol. The summed E-state index contributed by atoms with van der Waals surface area (Å²) >= 11 is 6.07. The van der Waals surface area contributed by atoms with Crippen LogP contribution < -0.4 is 21.3 Å². The lowest BCUT2D eigenvalue weighted by Gasteiger charge is -2.06. The van der Waals surface area contributed by atoms with Crippen LogP contribution >= 0.6 is 31.9 Å². The van der Waals surface area contributed by atoms with Gasteiger partial charge >= 0.3 is 5.97 Å². The molecule has 0 fully saturated rings. The van der Waals surface area contributed by atoms with Crippen molar-refractivity contribution >= 4 is 43.7 Å². The van der Waals surface area contributed by atoms with E-state index in [-0.39, 0.29) is 23.8 Å². The number of rotatable bonds is 20. The molecule has 4 N–H and O–H groups in total. The zero-order valence-corrected chi connectivity index (χ0v) is 21.3. The molecule has 0 aliphatic rings. The molecule has 0 heterocycles. The van der Waals surface area contributed by atoms with Crippen molar-refractivity contribution in [3.8, 4) is 0 Å². The molecule has 0 aromatic heterocycles. The first-order valence-electron chi connectivity index (χ1n) is 9.87. The topological polar surface area (TPSA) is 119 Å². The van der Waals surface area contributed by atoms with E-state index >= 15 is 0 Å². The van der Waals surface area contributed by atoms with Gasteiger partial charge in [0.1, 0.15) is 11.9 Å². The first-order valence-corrected chi connectivity index (χ1v) is 12.1. The number of carbonyl (C=O) groups excluding carboxylic acids is 2. The summed E-state index contributed by atoms with van der Waals surface area (Å²) in [7, 11) is 3.56. The molecular formula is C18H38Br2N4O6. The highest BCUT2D eigenvalue weighted by molar-refractivity contribution is 9.09. The van der Waals surface area contributed by atoms with Crippen molar-refractivity contribution < 1.29 is 28.5 Å². The molecule has 30 heavy (non-hydrogen) atoms. The molecule has 1 amide bonds. The van der Waals surface area contributed by atoms with Crippen LogP contribution in [0.1, 0.15) is 0 Å². The summed E-state index contributed by atoms with van der Waals surface area (Å²) in [5.41, 5.74) is 0. The van der Waals surface area contributed by atoms with Crippen molar-refractivity contribution in [3.63, 3.8) is 0 Å². The quantitative estimate of drug-likeness (QED) is 0.0879. The maximum atomic E-state index is 10.8. The number of hydrogen-bond donors (Lipinski definition) is 4. The smallest absolute Gasteiger partial charge is 0.316 e. The van der Waals surface area contributed by atoms with Gasteiger partial charge in [-0.2, -0.15) is 0 Å². The van der Waals surface area contributed by atoms with Crippen molar-refractivity contribution in [2.24, 2.45) is 0 Å². The van der Waals surface area contributed by atoms with Gasteiger partial charge < -0.3 is 40.2 Å². The fourth-order valence-corrected chi connectivity index (χ4v) is 2.06. The standard InChI is InChI=1S/C9H21BrN4O.C9H17BrO5/c1-11-2-3-12-4-5-13-6-7-14-9(15)8-10;1-12-2-3-13-4-5-14-6-7-15-9(11)8-10/h11-13H,2-8H2,1H3,(H,14,15);2-8H2,1H3. The van der Waals surface area contributed by atoms with E-state index in [9.17, 15) is 9.59 Å². The Bertz CT molecular complexity index is 351. The summed E-state index contributed by atoms with van der Waals surface area (Å²) in [6.45, 7) is 8.19. The van der Waals surface area contributed by atoms with E-state index in [1.54, 1.807) is 7.11 Å². The molecule has 0 saturated heterocycles. The second-order valence-corrected chi connectivity index (χ2v) is 6.78. The lowest BCUT2D eigenvalue weighted by atomic mass is 10.5. The number of carbonyl (C=O) groups is 2. The SMILES string of the molecule is CNCCNCCNCCNC(=O)CBr.COCCOCCOCCOC(=O)CBr. The zero-order valence-electron chi connectivity index (χ0n) is 18.1. The van der Waals surface area contributed by atoms with Gasteiger partial charge in [-0.05, 0) is 7.05 Å². The van der Waals surface area contributed by atoms with E-state index in [2.05, 4.69) is 53.1 Å². The van der Waals surface area contributed by atoms with Gasteiger partial charge in [-0.25, -0.2) is 0 Å². The van der Waals surface area contributed by atoms with E-state index in [1.165, 1.54) is 0 Å². The molecule has 10 nitrogen and oxygen atoms in total. The highest BCUT2D eigenvalue weighted by Gasteiger charge is 1.98. The number of amides is 1. The van der Waals surface area contributed by atoms with Gasteiger partial charge in [0.2, 0.25) is 5.91 Å². The fourth-order valence-electron chi connectivity index (χ4n) is 1.69. The van der Waals surface area contributed by atoms with E-state index < -0.39 is 0 Å². The fraction of sp³-hybridized carbons (Fsp3) is 0.889. The van der Waals surface area contributed by atoms with Crippen molar-refractivity contribution in [2.75, 3.05) is 104 Å². The Kier molecular flexibility index (Phi) is 30.4. The number of nitrogens with one attached hydrogen (secondary N) is 4. The van der Waals surface area contributed by atoms with Crippen molar-refractivity contribution in [1.82, 2.24) is 21.3 Å². The number of likely N-dealkylation sites (N-methyl/N-ethyl adjacent to an activating group) is 1. The molecule has 0 rings (SSSR count). The summed E-state index contributed by atoms with van der Waals surface area (Å²) in [6, 6.07) is 0. The zero-order chi connectivity index (χ0) is 22.7. The van der Waals surface area contributed by atoms with Crippen LogP contribution in [0.5, 0.6) is 0 Å². The van der Waals surface area contributed by atoms with Gasteiger partial charge in [0.25, 0.3) is 0 Å². The van der Waals surface area contributed by atoms with Crippen LogP contribution in [0.15, 0.2) is 0 Å². The van der Waals surface area contributed by atoms with Gasteiger partial charge in [0.15, 0.2) is 0 Å². The highest BCUT2D eigenvalue weighted by atomic mass is 79.9. The predicted octanol–water partition coefficient (Wildman–Crippen LogP) is -0.500. The minimum atomic E-state index is -0.282. The summed E-state index contributed by atoms with van der Waals surface area (Å²) in [6.07, 6.45) is 0. The molecule has 0 spiro atoms. The van der Waals surface area contributed by atoms with Crippen molar-refractivity contribution in [2.45, 2.75) is 0 Å². The first kappa shape index (κ1) is 31.8. The molecule has 0 aliphatic carbocycles. The average molecular weight is 566 g/mol. The molecule has 12 heteroatoms. The van der Waals surface area contributed by atoms with Crippen LogP contribution in [0, 0.1) is 0 Å². The van der Waals surface area contributed by atoms with Crippen LogP contribution in [0.2, 0.25) is 0 Å². The summed E-state index contributed by atoms with van der Waals surface area (Å²) in [5.74, 6) is -0.251. The summed E-state index contributed by atoms with van der Waals surface area (Å²) in [5, 5.41) is 12.9. The Morgan fingerprint density at radius 2 is 1.27 bits per heavy atom. The third-order valence-corrected chi connectivity index (χ3v) is 4.15. The Morgan fingerprint density at radius 3 is 1.80 bits per heavy atom. The molecule has 0 bridgehead atoms. The van der Waals surface area contributed by atoms with Gasteiger partial charge in [-0.3, -0.25) is 9.59 Å². The third-order valence-electron chi connectivity index (χ3n) is 3.18. The number of alkyl halides is 2. The molecule has 180 valence electrons. The van der Waals surface area contributed by atoms with Crippen molar-refractivity contribution in [1.29, 1.82) is 0 Å². The highest BCUT2D eigenvalue weighted by Crippen LogP contribution is 1.86. The second-order valence-electron chi connectivity index (χ2n) is 5.66. The number of methoxy groups -OCH3 is 1. The normalized spacial score (nSPS) is 10.3. The number of ether oxygens (including phenoxy) is 4. The summed E-state index contributed by atoms with van der Waals surface area (Å²) in [4.78, 5) is 21.5. The molecule has 0 saturated carbocycles. The van der Waals surface area contributed by atoms with Crippen LogP contribution in [-0.2, 0) is 28.5 Å².